The van der Waals surface area contributed by atoms with E-state index in [-0.39, 0.29) is 18.6 Å². The maximum absolute atomic E-state index is 11.7. The first kappa shape index (κ1) is 14.5. The Labute approximate surface area is 124 Å². The molecule has 0 bridgehead atoms. The zero-order chi connectivity index (χ0) is 14.8. The summed E-state index contributed by atoms with van der Waals surface area (Å²) in [6.45, 7) is 2.05. The Morgan fingerprint density at radius 3 is 2.76 bits per heavy atom. The maximum atomic E-state index is 11.7. The summed E-state index contributed by atoms with van der Waals surface area (Å²) in [5, 5.41) is 20.8. The van der Waals surface area contributed by atoms with E-state index >= 15 is 0 Å². The van der Waals surface area contributed by atoms with Gasteiger partial charge in [-0.2, -0.15) is 0 Å². The molecule has 6 heteroatoms. The van der Waals surface area contributed by atoms with Crippen LogP contribution < -0.4 is 5.32 Å². The molecule has 2 N–H and O–H groups in total. The van der Waals surface area contributed by atoms with Gasteiger partial charge in [-0.1, -0.05) is 13.3 Å². The third-order valence-corrected chi connectivity index (χ3v) is 4.47. The number of carbonyl (C=O) groups is 1. The third-order valence-electron chi connectivity index (χ3n) is 4.47. The Morgan fingerprint density at radius 1 is 1.38 bits per heavy atom. The Hall–Kier alpha value is -1.43. The van der Waals surface area contributed by atoms with Gasteiger partial charge >= 0.3 is 0 Å². The standard InChI is InChI=1S/C15H24N4O2/c1-2-3-4-14(21)16-11-7-10(8-11)15-18-17-13(9-20)19(15)12-5-6-12/h10-12,20H,2-9H2,1H3,(H,16,21). The predicted molar refractivity (Wildman–Crippen MR) is 77.6 cm³/mol. The zero-order valence-corrected chi connectivity index (χ0v) is 12.6. The van der Waals surface area contributed by atoms with E-state index in [4.69, 9.17) is 0 Å². The molecule has 1 aromatic rings. The Bertz CT molecular complexity index is 504. The first-order valence-electron chi connectivity index (χ1n) is 8.06. The Morgan fingerprint density at radius 2 is 2.14 bits per heavy atom. The van der Waals surface area contributed by atoms with Crippen molar-refractivity contribution < 1.29 is 9.90 Å². The molecule has 0 radical (unpaired) electrons. The molecule has 6 nitrogen and oxygen atoms in total. The molecular weight excluding hydrogens is 268 g/mol. The fourth-order valence-corrected chi connectivity index (χ4v) is 3.04. The van der Waals surface area contributed by atoms with E-state index in [0.717, 1.165) is 44.3 Å². The lowest BCUT2D eigenvalue weighted by Crippen LogP contribution is -2.44. The van der Waals surface area contributed by atoms with E-state index in [1.807, 2.05) is 0 Å². The summed E-state index contributed by atoms with van der Waals surface area (Å²) in [4.78, 5) is 11.7. The highest BCUT2D eigenvalue weighted by atomic mass is 16.3. The fourth-order valence-electron chi connectivity index (χ4n) is 3.04. The second-order valence-electron chi connectivity index (χ2n) is 6.27. The smallest absolute Gasteiger partial charge is 0.220 e. The highest BCUT2D eigenvalue weighted by molar-refractivity contribution is 5.76. The molecule has 0 aliphatic heterocycles. The second-order valence-corrected chi connectivity index (χ2v) is 6.27. The molecule has 2 saturated carbocycles. The van der Waals surface area contributed by atoms with Crippen LogP contribution in [0.5, 0.6) is 0 Å². The van der Waals surface area contributed by atoms with E-state index in [9.17, 15) is 9.90 Å². The van der Waals surface area contributed by atoms with Gasteiger partial charge in [-0.15, -0.1) is 10.2 Å². The van der Waals surface area contributed by atoms with Crippen LogP contribution in [0.1, 0.15) is 75.5 Å². The molecular formula is C15H24N4O2. The van der Waals surface area contributed by atoms with Gasteiger partial charge < -0.3 is 15.0 Å². The molecule has 0 spiro atoms. The van der Waals surface area contributed by atoms with Crippen LogP contribution in [-0.2, 0) is 11.4 Å². The molecule has 1 amide bonds. The summed E-state index contributed by atoms with van der Waals surface area (Å²) in [6, 6.07) is 0.761. The van der Waals surface area contributed by atoms with E-state index in [1.54, 1.807) is 0 Å². The molecule has 0 unspecified atom stereocenters. The van der Waals surface area contributed by atoms with Crippen LogP contribution >= 0.6 is 0 Å². The molecule has 1 heterocycles. The molecule has 21 heavy (non-hydrogen) atoms. The predicted octanol–water partition coefficient (Wildman–Crippen LogP) is 1.66. The van der Waals surface area contributed by atoms with Crippen LogP contribution in [0.4, 0.5) is 0 Å². The van der Waals surface area contributed by atoms with E-state index in [0.29, 0.717) is 24.2 Å². The van der Waals surface area contributed by atoms with E-state index in [2.05, 4.69) is 27.0 Å². The quantitative estimate of drug-likeness (QED) is 0.801. The van der Waals surface area contributed by atoms with E-state index in [1.165, 1.54) is 0 Å². The molecule has 0 aromatic carbocycles. The van der Waals surface area contributed by atoms with Crippen molar-refractivity contribution >= 4 is 5.91 Å². The monoisotopic (exact) mass is 292 g/mol. The number of hydrogen-bond donors (Lipinski definition) is 2. The number of rotatable bonds is 7. The van der Waals surface area contributed by atoms with Gasteiger partial charge in [0.1, 0.15) is 12.4 Å². The summed E-state index contributed by atoms with van der Waals surface area (Å²) < 4.78 is 2.12. The summed E-state index contributed by atoms with van der Waals surface area (Å²) >= 11 is 0. The van der Waals surface area contributed by atoms with Crippen LogP contribution in [0.3, 0.4) is 0 Å². The van der Waals surface area contributed by atoms with Crippen molar-refractivity contribution in [1.29, 1.82) is 0 Å². The highest BCUT2D eigenvalue weighted by Gasteiger charge is 2.38. The molecule has 2 fully saturated rings. The summed E-state index contributed by atoms with van der Waals surface area (Å²) in [7, 11) is 0. The van der Waals surface area contributed by atoms with Gasteiger partial charge in [0, 0.05) is 24.4 Å². The minimum Gasteiger partial charge on any atom is -0.388 e. The van der Waals surface area contributed by atoms with Crippen LogP contribution in [0.15, 0.2) is 0 Å². The van der Waals surface area contributed by atoms with Gasteiger partial charge in [-0.25, -0.2) is 0 Å². The largest absolute Gasteiger partial charge is 0.388 e. The average Bonchev–Trinajstić information content (AvgIpc) is 3.19. The molecule has 1 aromatic heterocycles. The van der Waals surface area contributed by atoms with E-state index < -0.39 is 0 Å². The van der Waals surface area contributed by atoms with Crippen LogP contribution in [-0.4, -0.2) is 31.8 Å². The topological polar surface area (TPSA) is 80.0 Å². The molecule has 116 valence electrons. The van der Waals surface area contributed by atoms with Crippen molar-refractivity contribution in [2.45, 2.75) is 76.5 Å². The number of unbranched alkanes of at least 4 members (excludes halogenated alkanes) is 1. The van der Waals surface area contributed by atoms with Gasteiger partial charge in [0.05, 0.1) is 0 Å². The molecule has 3 rings (SSSR count). The number of aliphatic hydroxyl groups is 1. The van der Waals surface area contributed by atoms with Crippen molar-refractivity contribution in [1.82, 2.24) is 20.1 Å². The lowest BCUT2D eigenvalue weighted by atomic mass is 9.79. The number of hydrogen-bond acceptors (Lipinski definition) is 4. The normalized spacial score (nSPS) is 24.7. The zero-order valence-electron chi connectivity index (χ0n) is 12.6. The highest BCUT2D eigenvalue weighted by Crippen LogP contribution is 2.42. The Kier molecular flexibility index (Phi) is 4.24. The van der Waals surface area contributed by atoms with Crippen molar-refractivity contribution in [2.24, 2.45) is 0 Å². The van der Waals surface area contributed by atoms with Crippen molar-refractivity contribution in [3.8, 4) is 0 Å². The molecule has 2 aliphatic rings. The van der Waals surface area contributed by atoms with Crippen LogP contribution in [0, 0.1) is 0 Å². The first-order chi connectivity index (χ1) is 10.2. The van der Waals surface area contributed by atoms with Gasteiger partial charge in [-0.3, -0.25) is 4.79 Å². The molecule has 0 atom stereocenters. The number of carbonyl (C=O) groups excluding carboxylic acids is 1. The molecule has 0 saturated heterocycles. The maximum Gasteiger partial charge on any atom is 0.220 e. The van der Waals surface area contributed by atoms with Gasteiger partial charge in [0.15, 0.2) is 5.82 Å². The first-order valence-corrected chi connectivity index (χ1v) is 8.06. The summed E-state index contributed by atoms with van der Waals surface area (Å²) in [5.74, 6) is 2.22. The number of nitrogens with one attached hydrogen (secondary N) is 1. The minimum absolute atomic E-state index is 0.0482. The van der Waals surface area contributed by atoms with Crippen LogP contribution in [0.25, 0.3) is 0 Å². The SMILES string of the molecule is CCCCC(=O)NC1CC(c2nnc(CO)n2C2CC2)C1. The van der Waals surface area contributed by atoms with Gasteiger partial charge in [0.2, 0.25) is 5.91 Å². The number of aromatic nitrogens is 3. The second kappa shape index (κ2) is 6.13. The fraction of sp³-hybridized carbons (Fsp3) is 0.800. The number of nitrogens with zero attached hydrogens (tertiary/aromatic N) is 3. The lowest BCUT2D eigenvalue weighted by Gasteiger charge is -2.35. The third kappa shape index (κ3) is 3.10. The molecule has 2 aliphatic carbocycles. The van der Waals surface area contributed by atoms with Crippen molar-refractivity contribution in [3.63, 3.8) is 0 Å². The van der Waals surface area contributed by atoms with Crippen molar-refractivity contribution in [3.05, 3.63) is 11.6 Å². The minimum atomic E-state index is -0.0482. The number of aliphatic hydroxyl groups excluding tert-OH is 1. The number of amides is 1. The lowest BCUT2D eigenvalue weighted by molar-refractivity contribution is -0.122. The van der Waals surface area contributed by atoms with Gasteiger partial charge in [0.25, 0.3) is 0 Å². The average molecular weight is 292 g/mol. The summed E-state index contributed by atoms with van der Waals surface area (Å²) in [5.41, 5.74) is 0. The summed E-state index contributed by atoms with van der Waals surface area (Å²) in [6.07, 6.45) is 6.82. The van der Waals surface area contributed by atoms with Crippen LogP contribution in [0.2, 0.25) is 0 Å². The Balaban J connectivity index is 1.54. The van der Waals surface area contributed by atoms with Crippen molar-refractivity contribution in [2.75, 3.05) is 0 Å². The van der Waals surface area contributed by atoms with Gasteiger partial charge in [-0.05, 0) is 32.1 Å².